The summed E-state index contributed by atoms with van der Waals surface area (Å²) in [6, 6.07) is 9.22. The molecule has 0 aliphatic carbocycles. The summed E-state index contributed by atoms with van der Waals surface area (Å²) < 4.78 is 45.5. The van der Waals surface area contributed by atoms with Crippen LogP contribution in [0, 0.1) is 0 Å². The molecule has 0 bridgehead atoms. The van der Waals surface area contributed by atoms with Crippen LogP contribution in [0.4, 0.5) is 19.0 Å². The molecule has 0 saturated heterocycles. The van der Waals surface area contributed by atoms with Gasteiger partial charge in [0.1, 0.15) is 17.1 Å². The molecule has 3 aromatic heterocycles. The predicted octanol–water partition coefficient (Wildman–Crippen LogP) is 4.74. The maximum Gasteiger partial charge on any atom is 0.433 e. The van der Waals surface area contributed by atoms with Crippen LogP contribution in [0.15, 0.2) is 48.8 Å². The molecule has 3 heterocycles. The number of nitrogens with one attached hydrogen (secondary N) is 1. The summed E-state index contributed by atoms with van der Waals surface area (Å²) in [6.07, 6.45) is -1.55. The second kappa shape index (κ2) is 8.02. The zero-order valence-electron chi connectivity index (χ0n) is 16.2. The standard InChI is InChI=1S/C20H20F3N5O/c1-19(2,3)29-17-10-13(7-9-25-17)12-26-16-11-15(20(21,22)23)27-18(28-16)14-6-4-5-8-24-14/h4-11H,12H2,1-3H3,(H,26,27,28). The molecule has 0 atom stereocenters. The van der Waals surface area contributed by atoms with Gasteiger partial charge in [-0.2, -0.15) is 13.2 Å². The molecule has 9 heteroatoms. The molecule has 3 rings (SSSR count). The van der Waals surface area contributed by atoms with Crippen LogP contribution in [0.3, 0.4) is 0 Å². The molecule has 152 valence electrons. The smallest absolute Gasteiger partial charge is 0.433 e. The van der Waals surface area contributed by atoms with Crippen LogP contribution in [0.5, 0.6) is 5.88 Å². The SMILES string of the molecule is CC(C)(C)Oc1cc(CNc2cc(C(F)(F)F)nc(-c3ccccn3)n2)ccn1. The van der Waals surface area contributed by atoms with Crippen molar-refractivity contribution in [2.75, 3.05) is 5.32 Å². The fraction of sp³-hybridized carbons (Fsp3) is 0.300. The lowest BCUT2D eigenvalue weighted by atomic mass is 10.2. The van der Waals surface area contributed by atoms with E-state index in [1.807, 2.05) is 20.8 Å². The maximum absolute atomic E-state index is 13.3. The third-order valence-corrected chi connectivity index (χ3v) is 3.59. The van der Waals surface area contributed by atoms with Gasteiger partial charge in [-0.1, -0.05) is 6.07 Å². The number of aromatic nitrogens is 4. The van der Waals surface area contributed by atoms with Gasteiger partial charge in [-0.05, 0) is 44.5 Å². The fourth-order valence-corrected chi connectivity index (χ4v) is 2.42. The van der Waals surface area contributed by atoms with Crippen molar-refractivity contribution in [3.63, 3.8) is 0 Å². The van der Waals surface area contributed by atoms with Crippen LogP contribution < -0.4 is 10.1 Å². The van der Waals surface area contributed by atoms with Crippen LogP contribution in [-0.2, 0) is 12.7 Å². The molecule has 0 aromatic carbocycles. The van der Waals surface area contributed by atoms with Crippen LogP contribution in [0.25, 0.3) is 11.5 Å². The summed E-state index contributed by atoms with van der Waals surface area (Å²) in [6.45, 7) is 5.94. The molecule has 0 aliphatic rings. The summed E-state index contributed by atoms with van der Waals surface area (Å²) in [4.78, 5) is 16.0. The number of anilines is 1. The summed E-state index contributed by atoms with van der Waals surface area (Å²) >= 11 is 0. The Hall–Kier alpha value is -3.23. The summed E-state index contributed by atoms with van der Waals surface area (Å²) in [5, 5.41) is 2.91. The second-order valence-electron chi connectivity index (χ2n) is 7.25. The number of hydrogen-bond donors (Lipinski definition) is 1. The number of rotatable bonds is 5. The summed E-state index contributed by atoms with van der Waals surface area (Å²) in [5.41, 5.74) is -0.412. The molecular weight excluding hydrogens is 383 g/mol. The number of halogens is 3. The van der Waals surface area contributed by atoms with Crippen molar-refractivity contribution in [2.45, 2.75) is 39.1 Å². The number of nitrogens with zero attached hydrogens (tertiary/aromatic N) is 4. The van der Waals surface area contributed by atoms with E-state index in [2.05, 4.69) is 25.3 Å². The molecule has 0 radical (unpaired) electrons. The van der Waals surface area contributed by atoms with Crippen LogP contribution in [-0.4, -0.2) is 25.5 Å². The van der Waals surface area contributed by atoms with Gasteiger partial charge in [0.2, 0.25) is 5.88 Å². The highest BCUT2D eigenvalue weighted by Gasteiger charge is 2.34. The highest BCUT2D eigenvalue weighted by molar-refractivity contribution is 5.53. The molecule has 0 saturated carbocycles. The summed E-state index contributed by atoms with van der Waals surface area (Å²) in [5.74, 6) is 0.377. The average Bonchev–Trinajstić information content (AvgIpc) is 2.65. The molecular formula is C20H20F3N5O. The molecule has 0 amide bonds. The molecule has 0 spiro atoms. The van der Waals surface area contributed by atoms with E-state index in [9.17, 15) is 13.2 Å². The van der Waals surface area contributed by atoms with Gasteiger partial charge in [0, 0.05) is 31.1 Å². The first kappa shape index (κ1) is 20.5. The van der Waals surface area contributed by atoms with Crippen molar-refractivity contribution in [3.05, 3.63) is 60.0 Å². The van der Waals surface area contributed by atoms with E-state index in [1.165, 1.54) is 6.20 Å². The van der Waals surface area contributed by atoms with Crippen molar-refractivity contribution in [1.29, 1.82) is 0 Å². The van der Waals surface area contributed by atoms with E-state index in [1.54, 1.807) is 36.5 Å². The lowest BCUT2D eigenvalue weighted by Crippen LogP contribution is -2.23. The fourth-order valence-electron chi connectivity index (χ4n) is 2.42. The molecule has 29 heavy (non-hydrogen) atoms. The van der Waals surface area contributed by atoms with E-state index in [-0.39, 0.29) is 23.9 Å². The number of pyridine rings is 2. The average molecular weight is 403 g/mol. The second-order valence-corrected chi connectivity index (χ2v) is 7.25. The Morgan fingerprint density at radius 2 is 1.76 bits per heavy atom. The minimum Gasteiger partial charge on any atom is -0.472 e. The molecule has 3 aromatic rings. The lowest BCUT2D eigenvalue weighted by Gasteiger charge is -2.20. The first-order valence-corrected chi connectivity index (χ1v) is 8.86. The largest absolute Gasteiger partial charge is 0.472 e. The van der Waals surface area contributed by atoms with E-state index in [0.29, 0.717) is 5.88 Å². The molecule has 1 N–H and O–H groups in total. The molecule has 0 fully saturated rings. The van der Waals surface area contributed by atoms with Gasteiger partial charge >= 0.3 is 6.18 Å². The minimum absolute atomic E-state index is 0.0445. The first-order chi connectivity index (χ1) is 13.6. The Labute approximate surface area is 166 Å². The van der Waals surface area contributed by atoms with Gasteiger partial charge in [0.05, 0.1) is 0 Å². The Morgan fingerprint density at radius 1 is 0.966 bits per heavy atom. The van der Waals surface area contributed by atoms with Crippen LogP contribution in [0.1, 0.15) is 32.0 Å². The quantitative estimate of drug-likeness (QED) is 0.663. The number of ether oxygens (including phenoxy) is 1. The Bertz CT molecular complexity index is 972. The van der Waals surface area contributed by atoms with Gasteiger partial charge in [-0.15, -0.1) is 0 Å². The van der Waals surface area contributed by atoms with Crippen molar-refractivity contribution >= 4 is 5.82 Å². The monoisotopic (exact) mass is 403 g/mol. The third-order valence-electron chi connectivity index (χ3n) is 3.59. The lowest BCUT2D eigenvalue weighted by molar-refractivity contribution is -0.141. The van der Waals surface area contributed by atoms with Crippen LogP contribution >= 0.6 is 0 Å². The van der Waals surface area contributed by atoms with Crippen molar-refractivity contribution in [3.8, 4) is 17.4 Å². The first-order valence-electron chi connectivity index (χ1n) is 8.86. The van der Waals surface area contributed by atoms with E-state index in [0.717, 1.165) is 11.6 Å². The third kappa shape index (κ3) is 5.87. The Balaban J connectivity index is 1.85. The molecule has 6 nitrogen and oxygen atoms in total. The highest BCUT2D eigenvalue weighted by atomic mass is 19.4. The minimum atomic E-state index is -4.60. The van der Waals surface area contributed by atoms with E-state index in [4.69, 9.17) is 4.74 Å². The number of hydrogen-bond acceptors (Lipinski definition) is 6. The topological polar surface area (TPSA) is 72.8 Å². The maximum atomic E-state index is 13.3. The molecule has 0 aliphatic heterocycles. The van der Waals surface area contributed by atoms with Crippen LogP contribution in [0.2, 0.25) is 0 Å². The zero-order valence-corrected chi connectivity index (χ0v) is 16.2. The van der Waals surface area contributed by atoms with Crippen molar-refractivity contribution in [2.24, 2.45) is 0 Å². The van der Waals surface area contributed by atoms with Gasteiger partial charge in [-0.25, -0.2) is 15.0 Å². The van der Waals surface area contributed by atoms with Gasteiger partial charge in [0.25, 0.3) is 0 Å². The van der Waals surface area contributed by atoms with Gasteiger partial charge in [-0.3, -0.25) is 4.98 Å². The van der Waals surface area contributed by atoms with Crippen molar-refractivity contribution in [1.82, 2.24) is 19.9 Å². The Morgan fingerprint density at radius 3 is 2.41 bits per heavy atom. The summed E-state index contributed by atoms with van der Waals surface area (Å²) in [7, 11) is 0. The number of alkyl halides is 3. The van der Waals surface area contributed by atoms with E-state index < -0.39 is 17.5 Å². The molecule has 0 unspecified atom stereocenters. The predicted molar refractivity (Wildman–Crippen MR) is 102 cm³/mol. The van der Waals surface area contributed by atoms with Crippen molar-refractivity contribution < 1.29 is 17.9 Å². The highest BCUT2D eigenvalue weighted by Crippen LogP contribution is 2.30. The normalized spacial score (nSPS) is 11.9. The van der Waals surface area contributed by atoms with Gasteiger partial charge in [0.15, 0.2) is 11.5 Å². The van der Waals surface area contributed by atoms with E-state index >= 15 is 0 Å². The Kier molecular flexibility index (Phi) is 5.67. The zero-order chi connectivity index (χ0) is 21.1. The van der Waals surface area contributed by atoms with Gasteiger partial charge < -0.3 is 10.1 Å².